The largest absolute Gasteiger partial charge is 0.478 e. The van der Waals surface area contributed by atoms with Gasteiger partial charge in [0.2, 0.25) is 11.8 Å². The van der Waals surface area contributed by atoms with E-state index in [0.717, 1.165) is 37.9 Å². The lowest BCUT2D eigenvalue weighted by Crippen LogP contribution is -2.49. The molecule has 4 rings (SSSR count). The highest BCUT2D eigenvalue weighted by atomic mass is 16.5. The molecule has 0 bridgehead atoms. The van der Waals surface area contributed by atoms with Gasteiger partial charge in [-0.05, 0) is 31.9 Å². The van der Waals surface area contributed by atoms with E-state index in [1.165, 1.54) is 12.8 Å². The van der Waals surface area contributed by atoms with Crippen molar-refractivity contribution in [2.45, 2.75) is 19.8 Å². The van der Waals surface area contributed by atoms with Gasteiger partial charge in [-0.15, -0.1) is 0 Å². The molecule has 0 unspecified atom stereocenters. The molecule has 2 fully saturated rings. The van der Waals surface area contributed by atoms with Gasteiger partial charge in [0.25, 0.3) is 5.91 Å². The van der Waals surface area contributed by atoms with E-state index >= 15 is 0 Å². The molecular weight excluding hydrogens is 356 g/mol. The Bertz CT molecular complexity index is 799. The average Bonchev–Trinajstić information content (AvgIpc) is 3.29. The van der Waals surface area contributed by atoms with Crippen molar-refractivity contribution < 1.29 is 9.53 Å². The molecule has 8 heteroatoms. The highest BCUT2D eigenvalue weighted by Gasteiger charge is 2.24. The molecule has 2 aromatic heterocycles. The Kier molecular flexibility index (Phi) is 5.55. The lowest BCUT2D eigenvalue weighted by atomic mass is 10.2. The molecule has 2 aliphatic heterocycles. The van der Waals surface area contributed by atoms with Crippen LogP contribution in [-0.4, -0.2) is 71.6 Å². The maximum absolute atomic E-state index is 12.7. The zero-order valence-corrected chi connectivity index (χ0v) is 16.3. The Morgan fingerprint density at radius 1 is 1.00 bits per heavy atom. The fraction of sp³-hybridized carbons (Fsp3) is 0.500. The summed E-state index contributed by atoms with van der Waals surface area (Å²) in [7, 11) is 0. The Labute approximate surface area is 165 Å². The average molecular weight is 382 g/mol. The van der Waals surface area contributed by atoms with E-state index in [4.69, 9.17) is 9.72 Å². The van der Waals surface area contributed by atoms with E-state index in [9.17, 15) is 4.79 Å². The van der Waals surface area contributed by atoms with E-state index in [1.807, 2.05) is 24.1 Å². The Morgan fingerprint density at radius 2 is 1.79 bits per heavy atom. The van der Waals surface area contributed by atoms with Crippen molar-refractivity contribution in [1.82, 2.24) is 19.9 Å². The predicted octanol–water partition coefficient (Wildman–Crippen LogP) is 1.83. The number of ether oxygens (including phenoxy) is 1. The molecule has 0 atom stereocenters. The van der Waals surface area contributed by atoms with Crippen LogP contribution in [0.1, 0.15) is 30.1 Å². The van der Waals surface area contributed by atoms with Crippen molar-refractivity contribution in [3.8, 4) is 5.88 Å². The summed E-state index contributed by atoms with van der Waals surface area (Å²) in [6, 6.07) is 5.47. The number of aromatic nitrogens is 3. The van der Waals surface area contributed by atoms with Gasteiger partial charge in [0, 0.05) is 57.7 Å². The summed E-state index contributed by atoms with van der Waals surface area (Å²) in [4.78, 5) is 32.4. The standard InChI is InChI=1S/C20H26N6O2/c1-2-28-18-6-5-16(15-22-18)19(27)25-13-11-24(12-14-25)17-7-8-21-20(23-17)26-9-3-4-10-26/h5-8,15H,2-4,9-14H2,1H3. The summed E-state index contributed by atoms with van der Waals surface area (Å²) < 4.78 is 5.34. The van der Waals surface area contributed by atoms with Crippen molar-refractivity contribution in [2.24, 2.45) is 0 Å². The third-order valence-corrected chi connectivity index (χ3v) is 5.18. The topological polar surface area (TPSA) is 74.7 Å². The van der Waals surface area contributed by atoms with Crippen molar-refractivity contribution in [2.75, 3.05) is 55.7 Å². The molecule has 8 nitrogen and oxygen atoms in total. The predicted molar refractivity (Wildman–Crippen MR) is 107 cm³/mol. The minimum atomic E-state index is 0.00985. The zero-order valence-electron chi connectivity index (χ0n) is 16.3. The molecular formula is C20H26N6O2. The molecule has 28 heavy (non-hydrogen) atoms. The molecule has 0 N–H and O–H groups in total. The number of hydrogen-bond acceptors (Lipinski definition) is 7. The van der Waals surface area contributed by atoms with Crippen LogP contribution in [0.2, 0.25) is 0 Å². The normalized spacial score (nSPS) is 17.1. The van der Waals surface area contributed by atoms with Crippen LogP contribution in [0.25, 0.3) is 0 Å². The van der Waals surface area contributed by atoms with Gasteiger partial charge in [0.1, 0.15) is 5.82 Å². The quantitative estimate of drug-likeness (QED) is 0.781. The number of anilines is 2. The first-order valence-electron chi connectivity index (χ1n) is 9.95. The minimum absolute atomic E-state index is 0.00985. The summed E-state index contributed by atoms with van der Waals surface area (Å²) in [5.74, 6) is 2.30. The van der Waals surface area contributed by atoms with Crippen LogP contribution in [0.4, 0.5) is 11.8 Å². The summed E-state index contributed by atoms with van der Waals surface area (Å²) in [6.07, 6.45) is 5.83. The number of carbonyl (C=O) groups excluding carboxylic acids is 1. The van der Waals surface area contributed by atoms with E-state index in [2.05, 4.69) is 19.8 Å². The number of hydrogen-bond donors (Lipinski definition) is 0. The van der Waals surface area contributed by atoms with Gasteiger partial charge < -0.3 is 19.4 Å². The molecule has 0 aromatic carbocycles. The lowest BCUT2D eigenvalue weighted by Gasteiger charge is -2.35. The van der Waals surface area contributed by atoms with E-state index in [0.29, 0.717) is 31.1 Å². The highest BCUT2D eigenvalue weighted by molar-refractivity contribution is 5.94. The van der Waals surface area contributed by atoms with E-state index in [1.54, 1.807) is 18.3 Å². The number of piperazine rings is 1. The van der Waals surface area contributed by atoms with Crippen LogP contribution >= 0.6 is 0 Å². The number of amides is 1. The minimum Gasteiger partial charge on any atom is -0.478 e. The number of rotatable bonds is 5. The van der Waals surface area contributed by atoms with Crippen LogP contribution in [0.3, 0.4) is 0 Å². The third-order valence-electron chi connectivity index (χ3n) is 5.18. The van der Waals surface area contributed by atoms with Crippen molar-refractivity contribution in [3.63, 3.8) is 0 Å². The summed E-state index contributed by atoms with van der Waals surface area (Å²) in [5.41, 5.74) is 0.593. The molecule has 2 saturated heterocycles. The first kappa shape index (κ1) is 18.5. The molecule has 4 heterocycles. The van der Waals surface area contributed by atoms with Crippen molar-refractivity contribution in [3.05, 3.63) is 36.2 Å². The van der Waals surface area contributed by atoms with E-state index in [-0.39, 0.29) is 5.91 Å². The fourth-order valence-corrected chi connectivity index (χ4v) is 3.65. The van der Waals surface area contributed by atoms with E-state index < -0.39 is 0 Å². The molecule has 0 saturated carbocycles. The lowest BCUT2D eigenvalue weighted by molar-refractivity contribution is 0.0746. The Hall–Kier alpha value is -2.90. The molecule has 0 aliphatic carbocycles. The second kappa shape index (κ2) is 8.41. The molecule has 2 aromatic rings. The van der Waals surface area contributed by atoms with Gasteiger partial charge >= 0.3 is 0 Å². The third kappa shape index (κ3) is 4.00. The van der Waals surface area contributed by atoms with Crippen LogP contribution < -0.4 is 14.5 Å². The second-order valence-corrected chi connectivity index (χ2v) is 7.01. The molecule has 1 amide bonds. The first-order valence-corrected chi connectivity index (χ1v) is 9.95. The number of pyridine rings is 1. The number of nitrogens with zero attached hydrogens (tertiary/aromatic N) is 6. The van der Waals surface area contributed by atoms with Gasteiger partial charge in [-0.2, -0.15) is 4.98 Å². The summed E-state index contributed by atoms with van der Waals surface area (Å²) in [5, 5.41) is 0. The van der Waals surface area contributed by atoms with Gasteiger partial charge in [-0.1, -0.05) is 0 Å². The maximum Gasteiger partial charge on any atom is 0.255 e. The number of carbonyl (C=O) groups is 1. The first-order chi connectivity index (χ1) is 13.7. The van der Waals surface area contributed by atoms with Gasteiger partial charge in [-0.25, -0.2) is 9.97 Å². The Balaban J connectivity index is 1.36. The molecule has 0 spiro atoms. The molecule has 2 aliphatic rings. The smallest absolute Gasteiger partial charge is 0.255 e. The van der Waals surface area contributed by atoms with Gasteiger partial charge in [-0.3, -0.25) is 4.79 Å². The summed E-state index contributed by atoms with van der Waals surface area (Å²) >= 11 is 0. The van der Waals surface area contributed by atoms with Crippen molar-refractivity contribution in [1.29, 1.82) is 0 Å². The SMILES string of the molecule is CCOc1ccc(C(=O)N2CCN(c3ccnc(N4CCCC4)n3)CC2)cn1. The van der Waals surface area contributed by atoms with Crippen LogP contribution in [0.5, 0.6) is 5.88 Å². The fourth-order valence-electron chi connectivity index (χ4n) is 3.65. The maximum atomic E-state index is 12.7. The zero-order chi connectivity index (χ0) is 19.3. The van der Waals surface area contributed by atoms with Crippen molar-refractivity contribution >= 4 is 17.7 Å². The van der Waals surface area contributed by atoms with Crippen LogP contribution in [0, 0.1) is 0 Å². The monoisotopic (exact) mass is 382 g/mol. The molecule has 148 valence electrons. The second-order valence-electron chi connectivity index (χ2n) is 7.01. The van der Waals surface area contributed by atoms with Gasteiger partial charge in [0.15, 0.2) is 0 Å². The Morgan fingerprint density at radius 3 is 2.46 bits per heavy atom. The molecule has 0 radical (unpaired) electrons. The highest BCUT2D eigenvalue weighted by Crippen LogP contribution is 2.20. The van der Waals surface area contributed by atoms with Crippen LogP contribution in [-0.2, 0) is 0 Å². The van der Waals surface area contributed by atoms with Gasteiger partial charge in [0.05, 0.1) is 12.2 Å². The van der Waals surface area contributed by atoms with Crippen LogP contribution in [0.15, 0.2) is 30.6 Å². The summed E-state index contributed by atoms with van der Waals surface area (Å²) in [6.45, 7) is 7.37.